The van der Waals surface area contributed by atoms with E-state index in [0.29, 0.717) is 47.2 Å². The van der Waals surface area contributed by atoms with Crippen molar-refractivity contribution < 1.29 is 14.0 Å². The number of nitrogens with two attached hydrogens (primary N) is 1. The molecule has 2 aromatic carbocycles. The second-order valence-electron chi connectivity index (χ2n) is 10.9. The minimum absolute atomic E-state index is 0.120. The van der Waals surface area contributed by atoms with Crippen LogP contribution in [0.1, 0.15) is 50.5 Å². The number of hydrogen-bond acceptors (Lipinski definition) is 6. The highest BCUT2D eigenvalue weighted by Crippen LogP contribution is 2.45. The molecule has 1 aromatic heterocycles. The quantitative estimate of drug-likeness (QED) is 0.237. The number of nitrogens with zero attached hydrogens (tertiary/aromatic N) is 2. The topological polar surface area (TPSA) is 122 Å². The van der Waals surface area contributed by atoms with Gasteiger partial charge in [0.1, 0.15) is 10.8 Å². The van der Waals surface area contributed by atoms with Crippen molar-refractivity contribution in [3.8, 4) is 0 Å². The molecule has 2 aliphatic carbocycles. The summed E-state index contributed by atoms with van der Waals surface area (Å²) in [5.41, 5.74) is 7.33. The lowest BCUT2D eigenvalue weighted by molar-refractivity contribution is -0.117. The Bertz CT molecular complexity index is 1370. The average molecular weight is 565 g/mol. The Kier molecular flexibility index (Phi) is 8.79. The molecule has 5 N–H and O–H groups in total. The Morgan fingerprint density at radius 1 is 1.07 bits per heavy atom. The van der Waals surface area contributed by atoms with Crippen molar-refractivity contribution >= 4 is 46.6 Å². The summed E-state index contributed by atoms with van der Waals surface area (Å²) in [6.45, 7) is 0. The molecule has 0 spiro atoms. The molecule has 5 rings (SSSR count). The molecule has 0 saturated heterocycles. The van der Waals surface area contributed by atoms with E-state index < -0.39 is 5.91 Å². The number of carbonyl (C=O) groups excluding carboxylic acids is 2. The van der Waals surface area contributed by atoms with Crippen LogP contribution >= 0.6 is 11.6 Å². The molecule has 40 heavy (non-hydrogen) atoms. The van der Waals surface area contributed by atoms with Crippen LogP contribution in [-0.2, 0) is 16.0 Å². The van der Waals surface area contributed by atoms with Gasteiger partial charge in [0.05, 0.1) is 12.6 Å². The van der Waals surface area contributed by atoms with Crippen molar-refractivity contribution in [2.45, 2.75) is 57.4 Å². The molecule has 2 saturated carbocycles. The lowest BCUT2D eigenvalue weighted by Crippen LogP contribution is -2.45. The predicted molar refractivity (Wildman–Crippen MR) is 155 cm³/mol. The van der Waals surface area contributed by atoms with Gasteiger partial charge in [-0.05, 0) is 79.3 Å². The molecule has 10 heteroatoms. The van der Waals surface area contributed by atoms with Crippen molar-refractivity contribution in [2.75, 3.05) is 16.0 Å². The summed E-state index contributed by atoms with van der Waals surface area (Å²) in [7, 11) is 0. The monoisotopic (exact) mass is 564 g/mol. The number of nitrogens with one attached hydrogen (secondary N) is 3. The number of halogens is 2. The fraction of sp³-hybridized carbons (Fsp3) is 0.400. The van der Waals surface area contributed by atoms with E-state index in [2.05, 4.69) is 25.9 Å². The molecule has 2 fully saturated rings. The number of anilines is 4. The Labute approximate surface area is 238 Å². The van der Waals surface area contributed by atoms with Gasteiger partial charge in [0.15, 0.2) is 5.82 Å². The van der Waals surface area contributed by atoms with Gasteiger partial charge in [0.2, 0.25) is 17.8 Å². The van der Waals surface area contributed by atoms with E-state index in [9.17, 15) is 14.0 Å². The highest BCUT2D eigenvalue weighted by atomic mass is 35.5. The third kappa shape index (κ3) is 7.27. The van der Waals surface area contributed by atoms with Crippen molar-refractivity contribution in [3.63, 3.8) is 0 Å². The van der Waals surface area contributed by atoms with E-state index in [4.69, 9.17) is 17.3 Å². The largest absolute Gasteiger partial charge is 0.369 e. The Hall–Kier alpha value is -3.72. The molecule has 0 radical (unpaired) electrons. The fourth-order valence-corrected chi connectivity index (χ4v) is 6.39. The number of amides is 2. The van der Waals surface area contributed by atoms with Gasteiger partial charge in [0.25, 0.3) is 0 Å². The number of primary amides is 1. The van der Waals surface area contributed by atoms with Crippen molar-refractivity contribution in [2.24, 2.45) is 23.5 Å². The van der Waals surface area contributed by atoms with E-state index in [1.165, 1.54) is 25.0 Å². The second kappa shape index (κ2) is 12.6. The van der Waals surface area contributed by atoms with Crippen LogP contribution in [0.25, 0.3) is 0 Å². The third-order valence-corrected chi connectivity index (χ3v) is 8.21. The lowest BCUT2D eigenvalue weighted by atomic mass is 9.64. The molecular weight excluding hydrogens is 531 g/mol. The summed E-state index contributed by atoms with van der Waals surface area (Å²) in [5, 5.41) is 10.1. The molecule has 0 aliphatic heterocycles. The third-order valence-electron chi connectivity index (χ3n) is 7.93. The van der Waals surface area contributed by atoms with Gasteiger partial charge in [-0.25, -0.2) is 9.37 Å². The van der Waals surface area contributed by atoms with E-state index in [1.54, 1.807) is 18.3 Å². The van der Waals surface area contributed by atoms with Crippen molar-refractivity contribution in [1.29, 1.82) is 0 Å². The van der Waals surface area contributed by atoms with Gasteiger partial charge in [-0.15, -0.1) is 0 Å². The second-order valence-corrected chi connectivity index (χ2v) is 11.3. The fourth-order valence-electron chi connectivity index (χ4n) is 6.25. The number of aromatic nitrogens is 2. The van der Waals surface area contributed by atoms with Crippen LogP contribution in [-0.4, -0.2) is 27.8 Å². The lowest BCUT2D eigenvalue weighted by Gasteiger charge is -2.46. The van der Waals surface area contributed by atoms with Gasteiger partial charge in [-0.3, -0.25) is 9.59 Å². The maximum atomic E-state index is 13.5. The molecule has 210 valence electrons. The van der Waals surface area contributed by atoms with E-state index in [-0.39, 0.29) is 30.1 Å². The van der Waals surface area contributed by atoms with E-state index in [1.807, 2.05) is 24.3 Å². The number of fused-ring (bicyclic) bond motifs is 2. The molecule has 8 nitrogen and oxygen atoms in total. The molecule has 1 heterocycles. The molecule has 4 unspecified atom stereocenters. The van der Waals surface area contributed by atoms with Crippen LogP contribution in [0.4, 0.5) is 27.5 Å². The van der Waals surface area contributed by atoms with Gasteiger partial charge in [-0.2, -0.15) is 4.98 Å². The Morgan fingerprint density at radius 2 is 1.90 bits per heavy atom. The zero-order valence-corrected chi connectivity index (χ0v) is 23.0. The first kappa shape index (κ1) is 27.8. The Morgan fingerprint density at radius 3 is 2.73 bits per heavy atom. The minimum atomic E-state index is -0.398. The van der Waals surface area contributed by atoms with Gasteiger partial charge in [-0.1, -0.05) is 42.6 Å². The Balaban J connectivity index is 1.28. The van der Waals surface area contributed by atoms with E-state index >= 15 is 0 Å². The highest BCUT2D eigenvalue weighted by molar-refractivity contribution is 6.32. The number of hydrogen-bond donors (Lipinski definition) is 4. The number of benzene rings is 2. The van der Waals surface area contributed by atoms with Crippen LogP contribution in [0.5, 0.6) is 0 Å². The molecule has 3 aromatic rings. The van der Waals surface area contributed by atoms with Gasteiger partial charge in [0, 0.05) is 23.8 Å². The standard InChI is InChI=1S/C30H34ClFN6O2/c31-25-17-34-30(36-23-8-2-5-19(14-23)15-26(33)39)38-29(25)37-28-20-6-1-4-18(12-20)13-21(28)10-11-27(40)35-24-9-3-7-22(32)16-24/h2-3,5,7-9,14,16-18,20-21,28H,1,4,6,10-13,15H2,(H2,33,39)(H,35,40)(H2,34,36,37,38). The van der Waals surface area contributed by atoms with Crippen LogP contribution in [0.3, 0.4) is 0 Å². The summed E-state index contributed by atoms with van der Waals surface area (Å²) in [5.74, 6) is 1.44. The maximum absolute atomic E-state index is 13.5. The first-order chi connectivity index (χ1) is 19.3. The van der Waals surface area contributed by atoms with Gasteiger partial charge < -0.3 is 21.7 Å². The number of rotatable bonds is 10. The van der Waals surface area contributed by atoms with Crippen LogP contribution in [0.15, 0.2) is 54.7 Å². The van der Waals surface area contributed by atoms with Crippen molar-refractivity contribution in [1.82, 2.24) is 9.97 Å². The average Bonchev–Trinajstić information content (AvgIpc) is 2.91. The van der Waals surface area contributed by atoms with Crippen molar-refractivity contribution in [3.05, 3.63) is 71.1 Å². The van der Waals surface area contributed by atoms with Crippen LogP contribution in [0, 0.1) is 23.6 Å². The normalized spacial score (nSPS) is 21.9. The summed E-state index contributed by atoms with van der Waals surface area (Å²) < 4.78 is 13.5. The number of carbonyl (C=O) groups is 2. The molecule has 2 bridgehead atoms. The SMILES string of the molecule is NC(=O)Cc1cccc(Nc2ncc(Cl)c(NC3C4CCCC(C4)CC3CCC(=O)Nc3cccc(F)c3)n2)c1. The smallest absolute Gasteiger partial charge is 0.229 e. The summed E-state index contributed by atoms with van der Waals surface area (Å²) in [6.07, 6.45) is 8.54. The molecule has 4 atom stereocenters. The molecular formula is C30H34ClFN6O2. The summed E-state index contributed by atoms with van der Waals surface area (Å²) in [4.78, 5) is 33.0. The zero-order valence-electron chi connectivity index (χ0n) is 22.2. The minimum Gasteiger partial charge on any atom is -0.369 e. The van der Waals surface area contributed by atoms with Crippen LogP contribution < -0.4 is 21.7 Å². The predicted octanol–water partition coefficient (Wildman–Crippen LogP) is 6.07. The summed E-state index contributed by atoms with van der Waals surface area (Å²) in [6, 6.07) is 13.5. The zero-order chi connectivity index (χ0) is 28.1. The first-order valence-electron chi connectivity index (χ1n) is 13.8. The first-order valence-corrected chi connectivity index (χ1v) is 14.2. The summed E-state index contributed by atoms with van der Waals surface area (Å²) >= 11 is 6.55. The van der Waals surface area contributed by atoms with Crippen LogP contribution in [0.2, 0.25) is 5.02 Å². The van der Waals surface area contributed by atoms with E-state index in [0.717, 1.165) is 30.5 Å². The molecule has 2 amide bonds. The highest BCUT2D eigenvalue weighted by Gasteiger charge is 2.40. The maximum Gasteiger partial charge on any atom is 0.229 e. The van der Waals surface area contributed by atoms with Gasteiger partial charge >= 0.3 is 0 Å². The molecule has 2 aliphatic rings.